The summed E-state index contributed by atoms with van der Waals surface area (Å²) in [6.45, 7) is 0.422. The molecule has 1 heterocycles. The topological polar surface area (TPSA) is 104 Å². The minimum atomic E-state index is -0.646. The summed E-state index contributed by atoms with van der Waals surface area (Å²) < 4.78 is 1.35. The zero-order valence-electron chi connectivity index (χ0n) is 9.79. The first-order valence-electron chi connectivity index (χ1n) is 5.39. The van der Waals surface area contributed by atoms with E-state index in [0.29, 0.717) is 12.1 Å². The van der Waals surface area contributed by atoms with E-state index in [2.05, 4.69) is 5.10 Å². The molecule has 0 amide bonds. The van der Waals surface area contributed by atoms with Crippen LogP contribution in [0.3, 0.4) is 0 Å². The van der Waals surface area contributed by atoms with E-state index < -0.39 is 10.9 Å². The maximum atomic E-state index is 11.4. The highest BCUT2D eigenvalue weighted by Gasteiger charge is 2.20. The Balaban J connectivity index is 0.00000133. The molecular formula is C12H11ClN4O2. The molecule has 6 nitrogen and oxygen atoms in total. The molecule has 0 bridgehead atoms. The first-order valence-corrected chi connectivity index (χ1v) is 5.39. The van der Waals surface area contributed by atoms with E-state index in [0.717, 1.165) is 10.9 Å². The highest BCUT2D eigenvalue weighted by Crippen LogP contribution is 2.18. The molecule has 0 spiro atoms. The fourth-order valence-electron chi connectivity index (χ4n) is 1.93. The van der Waals surface area contributed by atoms with Gasteiger partial charge in [0.15, 0.2) is 0 Å². The zero-order valence-corrected chi connectivity index (χ0v) is 10.6. The van der Waals surface area contributed by atoms with E-state index in [1.54, 1.807) is 6.20 Å². The number of hydrogen-bond donors (Lipinski definition) is 2. The van der Waals surface area contributed by atoms with Crippen LogP contribution in [0.5, 0.6) is 0 Å². The van der Waals surface area contributed by atoms with Crippen LogP contribution in [-0.4, -0.2) is 9.78 Å². The number of benzene rings is 1. The minimum Gasteiger partial charge on any atom is -0.394 e. The number of nitrogens with zero attached hydrogens (tertiary/aromatic N) is 2. The van der Waals surface area contributed by atoms with Crippen LogP contribution < -0.4 is 22.3 Å². The van der Waals surface area contributed by atoms with Crippen LogP contribution >= 0.6 is 12.4 Å². The Morgan fingerprint density at radius 2 is 1.95 bits per heavy atom. The number of halogens is 1. The molecule has 7 heteroatoms. The maximum absolute atomic E-state index is 11.4. The molecule has 0 unspecified atom stereocenters. The average Bonchev–Trinajstić information content (AvgIpc) is 2.80. The molecule has 98 valence electrons. The lowest BCUT2D eigenvalue weighted by atomic mass is 10.2. The van der Waals surface area contributed by atoms with Gasteiger partial charge in [0.25, 0.3) is 10.9 Å². The molecular weight excluding hydrogens is 268 g/mol. The highest BCUT2D eigenvalue weighted by atomic mass is 35.5. The van der Waals surface area contributed by atoms with Crippen molar-refractivity contribution >= 4 is 29.0 Å². The first kappa shape index (κ1) is 13.3. The molecule has 3 rings (SSSR count). The summed E-state index contributed by atoms with van der Waals surface area (Å²) in [6, 6.07) is 5.59. The van der Waals surface area contributed by atoms with Crippen molar-refractivity contribution in [1.29, 1.82) is 0 Å². The van der Waals surface area contributed by atoms with Crippen molar-refractivity contribution in [3.8, 4) is 5.69 Å². The Labute approximate surface area is 113 Å². The quantitative estimate of drug-likeness (QED) is 0.646. The van der Waals surface area contributed by atoms with Gasteiger partial charge in [-0.3, -0.25) is 9.59 Å². The third kappa shape index (κ3) is 1.81. The highest BCUT2D eigenvalue weighted by molar-refractivity contribution is 5.85. The smallest absolute Gasteiger partial charge is 0.255 e. The molecule has 0 saturated carbocycles. The van der Waals surface area contributed by atoms with Crippen molar-refractivity contribution < 1.29 is 0 Å². The Hall–Kier alpha value is -2.18. The second-order valence-electron chi connectivity index (χ2n) is 4.09. The number of aromatic nitrogens is 2. The predicted octanol–water partition coefficient (Wildman–Crippen LogP) is 0.0842. The number of nitrogen functional groups attached to an aromatic ring is 1. The van der Waals surface area contributed by atoms with Crippen molar-refractivity contribution in [3.63, 3.8) is 0 Å². The summed E-state index contributed by atoms with van der Waals surface area (Å²) in [4.78, 5) is 22.5. The van der Waals surface area contributed by atoms with E-state index in [-0.39, 0.29) is 23.8 Å². The number of nitrogens with two attached hydrogens (primary N) is 2. The van der Waals surface area contributed by atoms with Crippen LogP contribution in [0.2, 0.25) is 0 Å². The molecule has 0 radical (unpaired) electrons. The van der Waals surface area contributed by atoms with E-state index in [1.807, 2.05) is 18.2 Å². The normalized spacial score (nSPS) is 10.8. The van der Waals surface area contributed by atoms with Crippen molar-refractivity contribution in [1.82, 2.24) is 9.78 Å². The lowest BCUT2D eigenvalue weighted by Crippen LogP contribution is -2.38. The van der Waals surface area contributed by atoms with Gasteiger partial charge in [0.05, 0.1) is 5.52 Å². The molecule has 0 saturated heterocycles. The van der Waals surface area contributed by atoms with E-state index in [9.17, 15) is 9.59 Å². The average molecular weight is 279 g/mol. The van der Waals surface area contributed by atoms with Crippen LogP contribution in [0, 0.1) is 0 Å². The van der Waals surface area contributed by atoms with Crippen molar-refractivity contribution in [2.75, 3.05) is 5.73 Å². The Bertz CT molecular complexity index is 830. The largest absolute Gasteiger partial charge is 0.394 e. The van der Waals surface area contributed by atoms with Crippen LogP contribution in [0.1, 0.15) is 5.56 Å². The SMILES string of the molecule is Cl.NCc1ccc2cn(-c3c(N)c(=O)c3=O)nc2c1. The summed E-state index contributed by atoms with van der Waals surface area (Å²) in [6.07, 6.45) is 1.67. The summed E-state index contributed by atoms with van der Waals surface area (Å²) in [5.74, 6) is 0. The summed E-state index contributed by atoms with van der Waals surface area (Å²) in [7, 11) is 0. The minimum absolute atomic E-state index is 0. The Kier molecular flexibility index (Phi) is 3.13. The lowest BCUT2D eigenvalue weighted by Gasteiger charge is -2.04. The van der Waals surface area contributed by atoms with E-state index in [1.165, 1.54) is 4.68 Å². The number of rotatable bonds is 2. The number of anilines is 1. The lowest BCUT2D eigenvalue weighted by molar-refractivity contribution is 0.879. The van der Waals surface area contributed by atoms with Crippen molar-refractivity contribution in [2.45, 2.75) is 6.54 Å². The third-order valence-corrected chi connectivity index (χ3v) is 2.96. The van der Waals surface area contributed by atoms with E-state index >= 15 is 0 Å². The van der Waals surface area contributed by atoms with Gasteiger partial charge in [0.2, 0.25) is 0 Å². The standard InChI is InChI=1S/C12H10N4O2.ClH/c13-4-6-1-2-7-5-16(15-8(7)3-6)10-9(14)11(17)12(10)18;/h1-3,5H,4,13-14H2;1H. The molecule has 0 fully saturated rings. The van der Waals surface area contributed by atoms with Crippen molar-refractivity contribution in [2.24, 2.45) is 5.73 Å². The first-order chi connectivity index (χ1) is 8.61. The molecule has 0 aliphatic rings. The summed E-state index contributed by atoms with van der Waals surface area (Å²) in [5.41, 5.74) is 11.6. The van der Waals surface area contributed by atoms with Gasteiger partial charge in [0, 0.05) is 18.1 Å². The summed E-state index contributed by atoms with van der Waals surface area (Å²) in [5, 5.41) is 5.09. The molecule has 19 heavy (non-hydrogen) atoms. The fourth-order valence-corrected chi connectivity index (χ4v) is 1.93. The van der Waals surface area contributed by atoms with Crippen LogP contribution in [-0.2, 0) is 6.54 Å². The molecule has 3 aromatic rings. The van der Waals surface area contributed by atoms with Gasteiger partial charge in [-0.15, -0.1) is 12.4 Å². The Morgan fingerprint density at radius 1 is 1.21 bits per heavy atom. The molecule has 1 aromatic heterocycles. The van der Waals surface area contributed by atoms with Gasteiger partial charge in [-0.1, -0.05) is 12.1 Å². The number of fused-ring (bicyclic) bond motifs is 1. The van der Waals surface area contributed by atoms with Gasteiger partial charge in [-0.05, 0) is 11.6 Å². The molecule has 2 aromatic carbocycles. The fraction of sp³-hybridized carbons (Fsp3) is 0.0833. The monoisotopic (exact) mass is 278 g/mol. The summed E-state index contributed by atoms with van der Waals surface area (Å²) >= 11 is 0. The van der Waals surface area contributed by atoms with Crippen LogP contribution in [0.4, 0.5) is 5.69 Å². The number of hydrogen-bond acceptors (Lipinski definition) is 5. The van der Waals surface area contributed by atoms with E-state index in [4.69, 9.17) is 11.5 Å². The molecule has 4 N–H and O–H groups in total. The second-order valence-corrected chi connectivity index (χ2v) is 4.09. The second kappa shape index (κ2) is 4.49. The van der Waals surface area contributed by atoms with Crippen LogP contribution in [0.25, 0.3) is 16.6 Å². The van der Waals surface area contributed by atoms with Gasteiger partial charge < -0.3 is 11.5 Å². The van der Waals surface area contributed by atoms with Crippen molar-refractivity contribution in [3.05, 3.63) is 50.4 Å². The van der Waals surface area contributed by atoms with Gasteiger partial charge >= 0.3 is 0 Å². The van der Waals surface area contributed by atoms with Gasteiger partial charge in [-0.2, -0.15) is 5.10 Å². The Morgan fingerprint density at radius 3 is 2.58 bits per heavy atom. The molecule has 0 atom stereocenters. The molecule has 0 aliphatic heterocycles. The van der Waals surface area contributed by atoms with Crippen LogP contribution in [0.15, 0.2) is 34.0 Å². The third-order valence-electron chi connectivity index (χ3n) is 2.96. The van der Waals surface area contributed by atoms with Gasteiger partial charge in [-0.25, -0.2) is 4.68 Å². The maximum Gasteiger partial charge on any atom is 0.255 e. The predicted molar refractivity (Wildman–Crippen MR) is 75.5 cm³/mol. The van der Waals surface area contributed by atoms with Gasteiger partial charge in [0.1, 0.15) is 11.4 Å². The zero-order chi connectivity index (χ0) is 12.9. The molecule has 0 aliphatic carbocycles.